The lowest BCUT2D eigenvalue weighted by molar-refractivity contribution is 0.0414. The van der Waals surface area contributed by atoms with Crippen LogP contribution in [0.15, 0.2) is 11.6 Å². The Morgan fingerprint density at radius 3 is 2.64 bits per heavy atom. The number of hydrogen-bond donors (Lipinski definition) is 1. The molecule has 11 heavy (non-hydrogen) atoms. The van der Waals surface area contributed by atoms with Crippen LogP contribution in [-0.2, 0) is 0 Å². The van der Waals surface area contributed by atoms with Crippen LogP contribution in [0.5, 0.6) is 0 Å². The minimum absolute atomic E-state index is 0.000602. The smallest absolute Gasteiger partial charge is 0.0605 e. The molecular weight excluding hydrogens is 136 g/mol. The number of aliphatic hydroxyl groups is 1. The summed E-state index contributed by atoms with van der Waals surface area (Å²) < 4.78 is 0. The van der Waals surface area contributed by atoms with Gasteiger partial charge in [0.1, 0.15) is 0 Å². The number of hydrogen-bond acceptors (Lipinski definition) is 1. The minimum Gasteiger partial charge on any atom is -0.393 e. The highest BCUT2D eigenvalue weighted by molar-refractivity contribution is 5.14. The molecule has 1 nitrogen and oxygen atoms in total. The molecule has 1 heteroatoms. The summed E-state index contributed by atoms with van der Waals surface area (Å²) in [4.78, 5) is 0. The van der Waals surface area contributed by atoms with Crippen molar-refractivity contribution in [3.05, 3.63) is 11.6 Å². The Bertz CT molecular complexity index is 172. The van der Waals surface area contributed by atoms with Gasteiger partial charge in [-0.3, -0.25) is 0 Å². The summed E-state index contributed by atoms with van der Waals surface area (Å²) in [5.41, 5.74) is 1.55. The van der Waals surface area contributed by atoms with Crippen LogP contribution < -0.4 is 0 Å². The molecule has 0 amide bonds. The molecule has 2 rings (SSSR count). The van der Waals surface area contributed by atoms with Gasteiger partial charge < -0.3 is 5.11 Å². The molecule has 1 fully saturated rings. The van der Waals surface area contributed by atoms with Crippen molar-refractivity contribution in [1.29, 1.82) is 0 Å². The second kappa shape index (κ2) is 2.98. The Kier molecular flexibility index (Phi) is 1.99. The van der Waals surface area contributed by atoms with Gasteiger partial charge in [0.25, 0.3) is 0 Å². The first-order chi connectivity index (χ1) is 5.38. The molecule has 0 aromatic rings. The maximum Gasteiger partial charge on any atom is 0.0605 e. The Labute approximate surface area is 68.1 Å². The highest BCUT2D eigenvalue weighted by atomic mass is 16.3. The van der Waals surface area contributed by atoms with E-state index in [4.69, 9.17) is 0 Å². The van der Waals surface area contributed by atoms with E-state index in [2.05, 4.69) is 6.08 Å². The monoisotopic (exact) mass is 152 g/mol. The summed E-state index contributed by atoms with van der Waals surface area (Å²) in [5.74, 6) is 0.551. The first-order valence-electron chi connectivity index (χ1n) is 4.75. The molecule has 0 spiro atoms. The predicted molar refractivity (Wildman–Crippen MR) is 45.3 cm³/mol. The molecule has 0 radical (unpaired) electrons. The van der Waals surface area contributed by atoms with Crippen LogP contribution in [0.1, 0.15) is 38.5 Å². The van der Waals surface area contributed by atoms with Crippen LogP contribution in [0, 0.1) is 5.92 Å². The zero-order valence-electron chi connectivity index (χ0n) is 6.92. The van der Waals surface area contributed by atoms with Crippen molar-refractivity contribution in [3.8, 4) is 0 Å². The van der Waals surface area contributed by atoms with E-state index < -0.39 is 0 Å². The van der Waals surface area contributed by atoms with Gasteiger partial charge in [0.05, 0.1) is 6.10 Å². The van der Waals surface area contributed by atoms with E-state index in [1.165, 1.54) is 32.1 Å². The van der Waals surface area contributed by atoms with Crippen molar-refractivity contribution in [2.24, 2.45) is 5.92 Å². The van der Waals surface area contributed by atoms with Crippen LogP contribution in [0.4, 0.5) is 0 Å². The highest BCUT2D eigenvalue weighted by Crippen LogP contribution is 2.37. The largest absolute Gasteiger partial charge is 0.393 e. The maximum absolute atomic E-state index is 9.42. The van der Waals surface area contributed by atoms with Gasteiger partial charge in [-0.2, -0.15) is 0 Å². The van der Waals surface area contributed by atoms with E-state index >= 15 is 0 Å². The Morgan fingerprint density at radius 1 is 1.27 bits per heavy atom. The van der Waals surface area contributed by atoms with Crippen molar-refractivity contribution in [2.75, 3.05) is 0 Å². The van der Waals surface area contributed by atoms with Gasteiger partial charge in [0, 0.05) is 5.92 Å². The molecule has 0 aliphatic heterocycles. The molecule has 0 aromatic carbocycles. The second-order valence-electron chi connectivity index (χ2n) is 3.78. The first kappa shape index (κ1) is 7.35. The Balaban J connectivity index is 1.97. The third kappa shape index (κ3) is 1.34. The quantitative estimate of drug-likeness (QED) is 0.571. The summed E-state index contributed by atoms with van der Waals surface area (Å²) in [6.45, 7) is 0. The molecule has 1 saturated carbocycles. The van der Waals surface area contributed by atoms with Gasteiger partial charge in [-0.1, -0.05) is 11.6 Å². The highest BCUT2D eigenvalue weighted by Gasteiger charge is 2.31. The molecule has 0 bridgehead atoms. The molecule has 2 atom stereocenters. The average Bonchev–Trinajstić information content (AvgIpc) is 2.04. The van der Waals surface area contributed by atoms with Crippen LogP contribution in [0.25, 0.3) is 0 Å². The molecule has 2 aliphatic carbocycles. The van der Waals surface area contributed by atoms with Crippen molar-refractivity contribution in [1.82, 2.24) is 0 Å². The molecule has 0 aromatic heterocycles. The van der Waals surface area contributed by atoms with Crippen molar-refractivity contribution in [2.45, 2.75) is 44.6 Å². The summed E-state index contributed by atoms with van der Waals surface area (Å²) in [7, 11) is 0. The van der Waals surface area contributed by atoms with Crippen LogP contribution in [-0.4, -0.2) is 11.2 Å². The van der Waals surface area contributed by atoms with Crippen molar-refractivity contribution in [3.63, 3.8) is 0 Å². The van der Waals surface area contributed by atoms with Gasteiger partial charge in [-0.05, 0) is 38.5 Å². The van der Waals surface area contributed by atoms with Gasteiger partial charge in [-0.25, -0.2) is 0 Å². The predicted octanol–water partition coefficient (Wildman–Crippen LogP) is 2.26. The van der Waals surface area contributed by atoms with E-state index in [1.807, 2.05) is 0 Å². The van der Waals surface area contributed by atoms with Gasteiger partial charge in [0.15, 0.2) is 0 Å². The normalized spacial score (nSPS) is 37.7. The number of allylic oxidation sites excluding steroid dienone is 1. The topological polar surface area (TPSA) is 20.2 Å². The van der Waals surface area contributed by atoms with E-state index in [1.54, 1.807) is 5.57 Å². The van der Waals surface area contributed by atoms with E-state index in [0.29, 0.717) is 5.92 Å². The van der Waals surface area contributed by atoms with Crippen LogP contribution in [0.3, 0.4) is 0 Å². The fourth-order valence-electron chi connectivity index (χ4n) is 2.11. The van der Waals surface area contributed by atoms with Crippen molar-refractivity contribution >= 4 is 0 Å². The Hall–Kier alpha value is -0.300. The first-order valence-corrected chi connectivity index (χ1v) is 4.75. The van der Waals surface area contributed by atoms with Crippen molar-refractivity contribution < 1.29 is 5.11 Å². The summed E-state index contributed by atoms with van der Waals surface area (Å²) in [6.07, 6.45) is 9.81. The fraction of sp³-hybridized carbons (Fsp3) is 0.800. The zero-order chi connectivity index (χ0) is 7.68. The third-order valence-corrected chi connectivity index (χ3v) is 3.04. The van der Waals surface area contributed by atoms with E-state index in [9.17, 15) is 5.11 Å². The van der Waals surface area contributed by atoms with E-state index in [-0.39, 0.29) is 6.10 Å². The van der Waals surface area contributed by atoms with Crippen LogP contribution in [0.2, 0.25) is 0 Å². The third-order valence-electron chi connectivity index (χ3n) is 3.04. The lowest BCUT2D eigenvalue weighted by Gasteiger charge is -2.35. The number of rotatable bonds is 1. The summed E-state index contributed by atoms with van der Waals surface area (Å²) in [5, 5.41) is 9.42. The molecular formula is C10H16O. The van der Waals surface area contributed by atoms with E-state index in [0.717, 1.165) is 6.42 Å². The SMILES string of the molecule is O[C@@H]1CC[C@@H]1C1=CCCCC1. The lowest BCUT2D eigenvalue weighted by Crippen LogP contribution is -2.32. The molecule has 0 unspecified atom stereocenters. The van der Waals surface area contributed by atoms with Gasteiger partial charge in [0.2, 0.25) is 0 Å². The fourth-order valence-corrected chi connectivity index (χ4v) is 2.11. The molecule has 1 N–H and O–H groups in total. The maximum atomic E-state index is 9.42. The summed E-state index contributed by atoms with van der Waals surface area (Å²) >= 11 is 0. The second-order valence-corrected chi connectivity index (χ2v) is 3.78. The number of aliphatic hydroxyl groups excluding tert-OH is 1. The van der Waals surface area contributed by atoms with Crippen LogP contribution >= 0.6 is 0 Å². The lowest BCUT2D eigenvalue weighted by atomic mass is 9.74. The molecule has 0 saturated heterocycles. The molecule has 62 valence electrons. The summed E-state index contributed by atoms with van der Waals surface area (Å²) in [6, 6.07) is 0. The van der Waals surface area contributed by atoms with Gasteiger partial charge >= 0.3 is 0 Å². The van der Waals surface area contributed by atoms with Gasteiger partial charge in [-0.15, -0.1) is 0 Å². The average molecular weight is 152 g/mol. The molecule has 0 heterocycles. The molecule has 2 aliphatic rings. The Morgan fingerprint density at radius 2 is 2.18 bits per heavy atom. The zero-order valence-corrected chi connectivity index (χ0v) is 6.92. The minimum atomic E-state index is -0.000602. The standard InChI is InChI=1S/C10H16O/c11-10-7-6-9(10)8-4-2-1-3-5-8/h4,9-11H,1-3,5-7H2/t9-,10-/m1/s1.